The van der Waals surface area contributed by atoms with E-state index in [9.17, 15) is 17.2 Å². The average Bonchev–Trinajstić information content (AvgIpc) is 3.78. The van der Waals surface area contributed by atoms with E-state index in [1.54, 1.807) is 41.2 Å². The molecular weight excluding hydrogens is 541 g/mol. The molecule has 0 saturated heterocycles. The molecule has 2 heterocycles. The first-order valence-electron chi connectivity index (χ1n) is 14.4. The summed E-state index contributed by atoms with van der Waals surface area (Å²) in [5.41, 5.74) is 2.83. The van der Waals surface area contributed by atoms with Gasteiger partial charge in [-0.1, -0.05) is 47.7 Å². The molecule has 2 aromatic heterocycles. The Balaban J connectivity index is 1.47. The highest BCUT2D eigenvalue weighted by Gasteiger charge is 2.27. The van der Waals surface area contributed by atoms with E-state index in [4.69, 9.17) is 0 Å². The molecule has 1 aliphatic rings. The second-order valence-electron chi connectivity index (χ2n) is 10.3. The number of hydrogen-bond donors (Lipinski definition) is 2. The Bertz CT molecular complexity index is 1970. The van der Waals surface area contributed by atoms with E-state index >= 15 is 4.39 Å². The van der Waals surface area contributed by atoms with Crippen molar-refractivity contribution in [2.45, 2.75) is 43.8 Å². The standard InChI is InChI=1S/C33H26FN9/c34-28-16-25(39-32(23-9-4-6-21(14-23)17-36)30-20-43(42-41-30)26-11-12-26)15-27-31(24(18-37)19-38-33(27)28)40-29(10-5-13-35)22-7-2-1-3-8-22/h1-4,6-9,14-16,19-20,26,29,32,39H,5,10-12H2,(H,38,40)/i32D. The molecule has 9 nitrogen and oxygen atoms in total. The molecule has 2 atom stereocenters. The third kappa shape index (κ3) is 5.84. The highest BCUT2D eigenvalue weighted by Crippen LogP contribution is 2.37. The van der Waals surface area contributed by atoms with Crippen molar-refractivity contribution in [3.63, 3.8) is 0 Å². The van der Waals surface area contributed by atoms with Gasteiger partial charge in [0, 0.05) is 23.7 Å². The summed E-state index contributed by atoms with van der Waals surface area (Å²) >= 11 is 0. The molecule has 210 valence electrons. The zero-order valence-corrected chi connectivity index (χ0v) is 23.0. The first-order valence-corrected chi connectivity index (χ1v) is 13.9. The number of nitriles is 3. The number of anilines is 2. The SMILES string of the molecule is [2H]C(Nc1cc(F)c2ncc(C#N)c(NC(CCC#N)c3ccccc3)c2c1)(c1cccc(C#N)c1)c1cn(C2CC2)nn1. The molecule has 43 heavy (non-hydrogen) atoms. The third-order valence-corrected chi connectivity index (χ3v) is 7.35. The lowest BCUT2D eigenvalue weighted by Gasteiger charge is -2.23. The van der Waals surface area contributed by atoms with Gasteiger partial charge in [0.25, 0.3) is 0 Å². The normalized spacial score (nSPS) is 14.9. The van der Waals surface area contributed by atoms with Gasteiger partial charge < -0.3 is 10.6 Å². The number of halogens is 1. The largest absolute Gasteiger partial charge is 0.377 e. The van der Waals surface area contributed by atoms with Crippen LogP contribution in [0.3, 0.4) is 0 Å². The summed E-state index contributed by atoms with van der Waals surface area (Å²) in [6.45, 7) is 0. The Morgan fingerprint density at radius 2 is 1.81 bits per heavy atom. The monoisotopic (exact) mass is 568 g/mol. The minimum Gasteiger partial charge on any atom is -0.377 e. The molecule has 0 spiro atoms. The van der Waals surface area contributed by atoms with Gasteiger partial charge in [-0.3, -0.25) is 4.98 Å². The van der Waals surface area contributed by atoms with Crippen molar-refractivity contribution >= 4 is 22.3 Å². The lowest BCUT2D eigenvalue weighted by Crippen LogP contribution is -2.14. The quantitative estimate of drug-likeness (QED) is 0.190. The van der Waals surface area contributed by atoms with Crippen LogP contribution in [0.4, 0.5) is 15.8 Å². The fourth-order valence-electron chi connectivity index (χ4n) is 5.04. The van der Waals surface area contributed by atoms with Crippen LogP contribution in [0.5, 0.6) is 0 Å². The molecule has 6 rings (SSSR count). The van der Waals surface area contributed by atoms with Crippen LogP contribution in [0.15, 0.2) is 79.1 Å². The van der Waals surface area contributed by atoms with Gasteiger partial charge in [0.1, 0.15) is 17.3 Å². The summed E-state index contributed by atoms with van der Waals surface area (Å²) in [5, 5.41) is 44.2. The van der Waals surface area contributed by atoms with Gasteiger partial charge in [0.15, 0.2) is 5.82 Å². The summed E-state index contributed by atoms with van der Waals surface area (Å²) in [7, 11) is 0. The van der Waals surface area contributed by atoms with Crippen molar-refractivity contribution < 1.29 is 5.76 Å². The second-order valence-corrected chi connectivity index (χ2v) is 10.3. The Labute approximate surface area is 249 Å². The Kier molecular flexibility index (Phi) is 7.28. The van der Waals surface area contributed by atoms with Crippen LogP contribution < -0.4 is 10.6 Å². The fourth-order valence-corrected chi connectivity index (χ4v) is 5.04. The molecular formula is C33H26FN9. The van der Waals surface area contributed by atoms with Gasteiger partial charge in [0.05, 0.1) is 54.6 Å². The third-order valence-electron chi connectivity index (χ3n) is 7.35. The van der Waals surface area contributed by atoms with Crippen LogP contribution in [-0.2, 0) is 0 Å². The number of fused-ring (bicyclic) bond motifs is 1. The van der Waals surface area contributed by atoms with Crippen molar-refractivity contribution in [2.24, 2.45) is 0 Å². The zero-order chi connectivity index (χ0) is 30.7. The van der Waals surface area contributed by atoms with E-state index in [0.29, 0.717) is 28.6 Å². The van der Waals surface area contributed by atoms with Crippen molar-refractivity contribution in [1.29, 1.82) is 15.8 Å². The van der Waals surface area contributed by atoms with Crippen LogP contribution in [-0.4, -0.2) is 20.0 Å². The zero-order valence-electron chi connectivity index (χ0n) is 24.0. The summed E-state index contributed by atoms with van der Waals surface area (Å²) in [6, 6.07) is 23.6. The average molecular weight is 569 g/mol. The van der Waals surface area contributed by atoms with Crippen molar-refractivity contribution in [1.82, 2.24) is 20.0 Å². The highest BCUT2D eigenvalue weighted by molar-refractivity contribution is 5.96. The number of pyridine rings is 1. The number of hydrogen-bond acceptors (Lipinski definition) is 8. The first-order chi connectivity index (χ1) is 21.4. The topological polar surface area (TPSA) is 139 Å². The highest BCUT2D eigenvalue weighted by atomic mass is 19.1. The molecule has 1 fully saturated rings. The maximum atomic E-state index is 15.7. The van der Waals surface area contributed by atoms with E-state index in [1.165, 1.54) is 12.3 Å². The summed E-state index contributed by atoms with van der Waals surface area (Å²) < 4.78 is 27.1. The number of nitrogens with one attached hydrogen (secondary N) is 2. The number of nitrogens with zero attached hydrogens (tertiary/aromatic N) is 7. The minimum absolute atomic E-state index is 0.0471. The molecule has 0 bridgehead atoms. The second kappa shape index (κ2) is 12.0. The fraction of sp³-hybridized carbons (Fsp3) is 0.212. The molecule has 3 aromatic carbocycles. The van der Waals surface area contributed by atoms with E-state index < -0.39 is 11.8 Å². The van der Waals surface area contributed by atoms with Gasteiger partial charge in [-0.15, -0.1) is 5.10 Å². The van der Waals surface area contributed by atoms with Gasteiger partial charge in [-0.05, 0) is 54.7 Å². The molecule has 0 amide bonds. The Hall–Kier alpha value is -5.79. The molecule has 5 aromatic rings. The van der Waals surface area contributed by atoms with Crippen LogP contribution in [0.2, 0.25) is 0 Å². The summed E-state index contributed by atoms with van der Waals surface area (Å²) in [6.07, 6.45) is 5.70. The van der Waals surface area contributed by atoms with E-state index in [1.807, 2.05) is 30.3 Å². The van der Waals surface area contributed by atoms with E-state index in [0.717, 1.165) is 18.4 Å². The van der Waals surface area contributed by atoms with Crippen molar-refractivity contribution in [3.8, 4) is 18.2 Å². The summed E-state index contributed by atoms with van der Waals surface area (Å²) in [5.74, 6) is -0.652. The van der Waals surface area contributed by atoms with Crippen LogP contribution in [0.25, 0.3) is 10.9 Å². The predicted molar refractivity (Wildman–Crippen MR) is 159 cm³/mol. The van der Waals surface area contributed by atoms with Gasteiger partial charge in [-0.25, -0.2) is 9.07 Å². The lowest BCUT2D eigenvalue weighted by atomic mass is 9.99. The number of rotatable bonds is 10. The van der Waals surface area contributed by atoms with E-state index in [-0.39, 0.29) is 41.0 Å². The van der Waals surface area contributed by atoms with E-state index in [2.05, 4.69) is 44.1 Å². The molecule has 2 N–H and O–H groups in total. The maximum Gasteiger partial charge on any atom is 0.151 e. The summed E-state index contributed by atoms with van der Waals surface area (Å²) in [4.78, 5) is 4.23. The first kappa shape index (κ1) is 26.1. The molecule has 1 aliphatic carbocycles. The minimum atomic E-state index is -1.74. The molecule has 2 unspecified atom stereocenters. The van der Waals surface area contributed by atoms with Gasteiger partial charge >= 0.3 is 0 Å². The van der Waals surface area contributed by atoms with Gasteiger partial charge in [-0.2, -0.15) is 15.8 Å². The molecule has 1 saturated carbocycles. The number of aromatic nitrogens is 4. The molecule has 0 radical (unpaired) electrons. The van der Waals surface area contributed by atoms with Gasteiger partial charge in [0.2, 0.25) is 0 Å². The molecule has 10 heteroatoms. The van der Waals surface area contributed by atoms with Crippen LogP contribution in [0.1, 0.15) is 73.1 Å². The maximum absolute atomic E-state index is 15.7. The number of benzene rings is 3. The van der Waals surface area contributed by atoms with Crippen LogP contribution >= 0.6 is 0 Å². The van der Waals surface area contributed by atoms with Crippen molar-refractivity contribution in [3.05, 3.63) is 113 Å². The molecule has 0 aliphatic heterocycles. The van der Waals surface area contributed by atoms with Crippen molar-refractivity contribution in [2.75, 3.05) is 10.6 Å². The predicted octanol–water partition coefficient (Wildman–Crippen LogP) is 6.70. The Morgan fingerprint density at radius 1 is 1.00 bits per heavy atom. The Morgan fingerprint density at radius 3 is 2.56 bits per heavy atom. The lowest BCUT2D eigenvalue weighted by molar-refractivity contribution is 0.610. The van der Waals surface area contributed by atoms with Crippen LogP contribution in [0, 0.1) is 39.8 Å². The smallest absolute Gasteiger partial charge is 0.151 e.